The second-order valence-electron chi connectivity index (χ2n) is 5.36. The molecule has 9 heteroatoms. The average molecular weight is 327 g/mol. The maximum Gasteiger partial charge on any atom is 0.346 e. The number of nitrogens with zero attached hydrogens (tertiary/aromatic N) is 1. The van der Waals surface area contributed by atoms with Crippen LogP contribution in [0.1, 0.15) is 36.3 Å². The van der Waals surface area contributed by atoms with Gasteiger partial charge in [-0.25, -0.2) is 9.59 Å². The largest absolute Gasteiger partial charge is 0.467 e. The lowest BCUT2D eigenvalue weighted by Crippen LogP contribution is -2.44. The van der Waals surface area contributed by atoms with Gasteiger partial charge in [0.1, 0.15) is 11.6 Å². The molecule has 0 saturated carbocycles. The van der Waals surface area contributed by atoms with Crippen LogP contribution in [0.15, 0.2) is 4.52 Å². The molecule has 1 aromatic rings. The standard InChI is InChI=1S/C14H21N3O6/c1-7(2)5-9(13(19)21-4)16-10(18)6-22-14(20)11-8(3)17-23-12(11)15/h7,9H,5-6,15H2,1-4H3,(H,16,18). The Balaban J connectivity index is 2.58. The molecule has 1 atom stereocenters. The van der Waals surface area contributed by atoms with E-state index in [2.05, 4.69) is 19.7 Å². The molecule has 128 valence electrons. The maximum atomic E-state index is 11.8. The summed E-state index contributed by atoms with van der Waals surface area (Å²) >= 11 is 0. The van der Waals surface area contributed by atoms with Gasteiger partial charge in [0.25, 0.3) is 5.91 Å². The van der Waals surface area contributed by atoms with Crippen molar-refractivity contribution >= 4 is 23.7 Å². The predicted octanol–water partition coefficient (Wildman–Crippen LogP) is 0.426. The summed E-state index contributed by atoms with van der Waals surface area (Å²) in [5.74, 6) is -2.02. The predicted molar refractivity (Wildman–Crippen MR) is 79.3 cm³/mol. The molecule has 0 radical (unpaired) electrons. The molecule has 9 nitrogen and oxygen atoms in total. The number of methoxy groups -OCH3 is 1. The van der Waals surface area contributed by atoms with E-state index in [1.807, 2.05) is 13.8 Å². The van der Waals surface area contributed by atoms with Crippen molar-refractivity contribution < 1.29 is 28.4 Å². The number of anilines is 1. The first-order chi connectivity index (χ1) is 10.8. The molecule has 1 aromatic heterocycles. The zero-order valence-corrected chi connectivity index (χ0v) is 13.5. The van der Waals surface area contributed by atoms with E-state index in [-0.39, 0.29) is 23.1 Å². The Labute approximate surface area is 133 Å². The molecule has 0 saturated heterocycles. The lowest BCUT2D eigenvalue weighted by molar-refractivity contribution is -0.145. The summed E-state index contributed by atoms with van der Waals surface area (Å²) in [7, 11) is 1.24. The Morgan fingerprint density at radius 3 is 2.48 bits per heavy atom. The number of carbonyl (C=O) groups is 3. The molecule has 23 heavy (non-hydrogen) atoms. The molecule has 1 unspecified atom stereocenters. The van der Waals surface area contributed by atoms with Crippen LogP contribution in [-0.2, 0) is 19.1 Å². The lowest BCUT2D eigenvalue weighted by Gasteiger charge is -2.18. The van der Waals surface area contributed by atoms with Crippen LogP contribution in [0.3, 0.4) is 0 Å². The van der Waals surface area contributed by atoms with E-state index in [0.29, 0.717) is 6.42 Å². The van der Waals surface area contributed by atoms with Crippen molar-refractivity contribution in [2.75, 3.05) is 19.5 Å². The lowest BCUT2D eigenvalue weighted by atomic mass is 10.0. The Hall–Kier alpha value is -2.58. The van der Waals surface area contributed by atoms with Gasteiger partial charge in [-0.15, -0.1) is 0 Å². The molecular formula is C14H21N3O6. The first-order valence-electron chi connectivity index (χ1n) is 7.02. The summed E-state index contributed by atoms with van der Waals surface area (Å²) in [6.07, 6.45) is 0.407. The van der Waals surface area contributed by atoms with Gasteiger partial charge in [0.05, 0.1) is 12.8 Å². The van der Waals surface area contributed by atoms with E-state index >= 15 is 0 Å². The minimum absolute atomic E-state index is 0.0236. The third-order valence-corrected chi connectivity index (χ3v) is 2.96. The van der Waals surface area contributed by atoms with Gasteiger partial charge in [-0.05, 0) is 19.3 Å². The number of amides is 1. The number of nitrogen functional groups attached to an aromatic ring is 1. The highest BCUT2D eigenvalue weighted by atomic mass is 16.5. The molecule has 0 fully saturated rings. The van der Waals surface area contributed by atoms with Gasteiger partial charge in [0.15, 0.2) is 6.61 Å². The van der Waals surface area contributed by atoms with Crippen LogP contribution < -0.4 is 11.1 Å². The first-order valence-corrected chi connectivity index (χ1v) is 7.02. The molecule has 0 aromatic carbocycles. The van der Waals surface area contributed by atoms with Crippen LogP contribution in [0.4, 0.5) is 5.88 Å². The minimum atomic E-state index is -0.824. The fraction of sp³-hybridized carbons (Fsp3) is 0.571. The topological polar surface area (TPSA) is 134 Å². The number of aryl methyl sites for hydroxylation is 1. The zero-order valence-electron chi connectivity index (χ0n) is 13.5. The number of rotatable bonds is 7. The maximum absolute atomic E-state index is 11.8. The van der Waals surface area contributed by atoms with Crippen LogP contribution >= 0.6 is 0 Å². The molecule has 0 aliphatic heterocycles. The van der Waals surface area contributed by atoms with Gasteiger partial charge in [-0.2, -0.15) is 0 Å². The molecule has 0 aliphatic rings. The number of carbonyl (C=O) groups excluding carboxylic acids is 3. The molecule has 0 bridgehead atoms. The number of aromatic nitrogens is 1. The number of nitrogens with one attached hydrogen (secondary N) is 1. The van der Waals surface area contributed by atoms with Gasteiger partial charge in [0.2, 0.25) is 5.88 Å². The molecule has 3 N–H and O–H groups in total. The van der Waals surface area contributed by atoms with E-state index in [9.17, 15) is 14.4 Å². The quantitative estimate of drug-likeness (QED) is 0.688. The first kappa shape index (κ1) is 18.5. The number of esters is 2. The van der Waals surface area contributed by atoms with Crippen molar-refractivity contribution in [1.82, 2.24) is 10.5 Å². The summed E-state index contributed by atoms with van der Waals surface area (Å²) < 4.78 is 14.1. The highest BCUT2D eigenvalue weighted by molar-refractivity contribution is 5.96. The van der Waals surface area contributed by atoms with Crippen molar-refractivity contribution in [3.05, 3.63) is 11.3 Å². The second-order valence-corrected chi connectivity index (χ2v) is 5.36. The Morgan fingerprint density at radius 1 is 1.35 bits per heavy atom. The van der Waals surface area contributed by atoms with E-state index in [0.717, 1.165) is 0 Å². The van der Waals surface area contributed by atoms with E-state index in [1.54, 1.807) is 0 Å². The van der Waals surface area contributed by atoms with Crippen LogP contribution in [0.2, 0.25) is 0 Å². The fourth-order valence-electron chi connectivity index (χ4n) is 1.90. The van der Waals surface area contributed by atoms with Crippen LogP contribution in [0.5, 0.6) is 0 Å². The summed E-state index contributed by atoms with van der Waals surface area (Å²) in [6, 6.07) is -0.798. The summed E-state index contributed by atoms with van der Waals surface area (Å²) in [5, 5.41) is 5.99. The van der Waals surface area contributed by atoms with Gasteiger partial charge < -0.3 is 25.0 Å². The number of hydrogen-bond acceptors (Lipinski definition) is 8. The van der Waals surface area contributed by atoms with Crippen molar-refractivity contribution in [3.8, 4) is 0 Å². The van der Waals surface area contributed by atoms with Crippen molar-refractivity contribution in [1.29, 1.82) is 0 Å². The van der Waals surface area contributed by atoms with Crippen LogP contribution in [0, 0.1) is 12.8 Å². The third kappa shape index (κ3) is 5.28. The van der Waals surface area contributed by atoms with Crippen LogP contribution in [-0.4, -0.2) is 42.8 Å². The van der Waals surface area contributed by atoms with E-state index in [4.69, 9.17) is 10.5 Å². The monoisotopic (exact) mass is 327 g/mol. The highest BCUT2D eigenvalue weighted by Crippen LogP contribution is 2.16. The second kappa shape index (κ2) is 8.16. The number of hydrogen-bond donors (Lipinski definition) is 2. The number of ether oxygens (including phenoxy) is 2. The van der Waals surface area contributed by atoms with Crippen LogP contribution in [0.25, 0.3) is 0 Å². The smallest absolute Gasteiger partial charge is 0.346 e. The Morgan fingerprint density at radius 2 is 2.00 bits per heavy atom. The Kier molecular flexibility index (Phi) is 6.55. The molecule has 1 amide bonds. The molecular weight excluding hydrogens is 306 g/mol. The van der Waals surface area contributed by atoms with E-state index < -0.39 is 30.5 Å². The summed E-state index contributed by atoms with van der Waals surface area (Å²) in [5.41, 5.74) is 5.69. The summed E-state index contributed by atoms with van der Waals surface area (Å²) in [4.78, 5) is 35.3. The zero-order chi connectivity index (χ0) is 17.6. The normalized spacial score (nSPS) is 11.9. The van der Waals surface area contributed by atoms with Gasteiger partial charge in [-0.3, -0.25) is 4.79 Å². The van der Waals surface area contributed by atoms with Gasteiger partial charge >= 0.3 is 11.9 Å². The molecule has 0 aliphatic carbocycles. The molecule has 0 spiro atoms. The Bertz CT molecular complexity index is 562. The van der Waals surface area contributed by atoms with Crippen molar-refractivity contribution in [2.24, 2.45) is 5.92 Å². The third-order valence-electron chi connectivity index (χ3n) is 2.96. The van der Waals surface area contributed by atoms with E-state index in [1.165, 1.54) is 14.0 Å². The van der Waals surface area contributed by atoms with Crippen molar-refractivity contribution in [2.45, 2.75) is 33.2 Å². The SMILES string of the molecule is COC(=O)C(CC(C)C)NC(=O)COC(=O)c1c(C)noc1N. The fourth-order valence-corrected chi connectivity index (χ4v) is 1.90. The highest BCUT2D eigenvalue weighted by Gasteiger charge is 2.24. The molecule has 1 heterocycles. The van der Waals surface area contributed by atoms with Gasteiger partial charge in [0, 0.05) is 0 Å². The van der Waals surface area contributed by atoms with Gasteiger partial charge in [-0.1, -0.05) is 19.0 Å². The average Bonchev–Trinajstić information content (AvgIpc) is 2.82. The minimum Gasteiger partial charge on any atom is -0.467 e. The number of nitrogens with two attached hydrogens (primary N) is 1. The summed E-state index contributed by atoms with van der Waals surface area (Å²) in [6.45, 7) is 4.76. The molecule has 1 rings (SSSR count). The van der Waals surface area contributed by atoms with Crippen molar-refractivity contribution in [3.63, 3.8) is 0 Å².